The van der Waals surface area contributed by atoms with Crippen LogP contribution in [-0.4, -0.2) is 21.0 Å². The van der Waals surface area contributed by atoms with Crippen LogP contribution in [0.2, 0.25) is 0 Å². The van der Waals surface area contributed by atoms with E-state index >= 15 is 0 Å². The van der Waals surface area contributed by atoms with Gasteiger partial charge in [-0.1, -0.05) is 0 Å². The molecule has 0 bridgehead atoms. The fourth-order valence-corrected chi connectivity index (χ4v) is 1.89. The number of aromatic nitrogens is 2. The first kappa shape index (κ1) is 8.72. The summed E-state index contributed by atoms with van der Waals surface area (Å²) in [5, 5.41) is 13.8. The fraction of sp³-hybridized carbons (Fsp3) is 0.667. The number of hydrogen-bond donors (Lipinski definition) is 2. The van der Waals surface area contributed by atoms with Crippen molar-refractivity contribution in [1.29, 1.82) is 0 Å². The van der Waals surface area contributed by atoms with Gasteiger partial charge in [0.1, 0.15) is 0 Å². The molecule has 0 aromatic carbocycles. The maximum Gasteiger partial charge on any atom is 0.0778 e. The summed E-state index contributed by atoms with van der Waals surface area (Å²) in [5.41, 5.74) is 6.51. The van der Waals surface area contributed by atoms with E-state index in [0.717, 1.165) is 24.8 Å². The number of hydrogen-bond acceptors (Lipinski definition) is 3. The summed E-state index contributed by atoms with van der Waals surface area (Å²) in [4.78, 5) is 0. The van der Waals surface area contributed by atoms with Gasteiger partial charge in [-0.3, -0.25) is 4.68 Å². The highest BCUT2D eigenvalue weighted by molar-refractivity contribution is 5.04. The van der Waals surface area contributed by atoms with E-state index in [0.29, 0.717) is 6.54 Å². The first-order valence-corrected chi connectivity index (χ1v) is 4.72. The third kappa shape index (κ3) is 1.59. The molecule has 1 heterocycles. The Kier molecular flexibility index (Phi) is 2.33. The van der Waals surface area contributed by atoms with Crippen molar-refractivity contribution in [3.05, 3.63) is 18.0 Å². The van der Waals surface area contributed by atoms with E-state index in [1.165, 1.54) is 0 Å². The summed E-state index contributed by atoms with van der Waals surface area (Å²) in [5.74, 6) is 0. The number of rotatable bonds is 2. The quantitative estimate of drug-likeness (QED) is 0.695. The van der Waals surface area contributed by atoms with E-state index in [1.807, 2.05) is 10.9 Å². The Balaban J connectivity index is 2.15. The minimum absolute atomic E-state index is 0.167. The Hall–Kier alpha value is -0.870. The highest BCUT2D eigenvalue weighted by Crippen LogP contribution is 2.29. The van der Waals surface area contributed by atoms with Crippen LogP contribution in [-0.2, 0) is 6.54 Å². The molecule has 1 aromatic rings. The van der Waals surface area contributed by atoms with Crippen molar-refractivity contribution in [1.82, 2.24) is 9.78 Å². The van der Waals surface area contributed by atoms with Crippen molar-refractivity contribution >= 4 is 0 Å². The summed E-state index contributed by atoms with van der Waals surface area (Å²) in [7, 11) is 0. The predicted octanol–water partition coefficient (Wildman–Crippen LogP) is 0.428. The van der Waals surface area contributed by atoms with Gasteiger partial charge in [-0.25, -0.2) is 0 Å². The van der Waals surface area contributed by atoms with Crippen molar-refractivity contribution in [2.45, 2.75) is 38.0 Å². The molecule has 13 heavy (non-hydrogen) atoms. The molecule has 2 atom stereocenters. The standard InChI is InChI=1S/C9H15N3O/c10-4-7-5-11-12(6-7)8-2-1-3-9(8)13/h5-6,8-9,13H,1-4,10H2. The van der Waals surface area contributed by atoms with Crippen molar-refractivity contribution in [3.8, 4) is 0 Å². The van der Waals surface area contributed by atoms with Gasteiger partial charge in [0.15, 0.2) is 0 Å². The van der Waals surface area contributed by atoms with Gasteiger partial charge in [-0.2, -0.15) is 5.10 Å². The monoisotopic (exact) mass is 181 g/mol. The van der Waals surface area contributed by atoms with Gasteiger partial charge < -0.3 is 10.8 Å². The molecule has 1 aromatic heterocycles. The van der Waals surface area contributed by atoms with Crippen LogP contribution in [0.1, 0.15) is 30.9 Å². The number of nitrogens with two attached hydrogens (primary N) is 1. The molecule has 0 radical (unpaired) electrons. The Morgan fingerprint density at radius 2 is 2.46 bits per heavy atom. The Morgan fingerprint density at radius 1 is 1.62 bits per heavy atom. The van der Waals surface area contributed by atoms with Crippen molar-refractivity contribution in [2.75, 3.05) is 0 Å². The molecule has 0 amide bonds. The van der Waals surface area contributed by atoms with Crippen LogP contribution in [0.25, 0.3) is 0 Å². The zero-order valence-electron chi connectivity index (χ0n) is 7.56. The van der Waals surface area contributed by atoms with E-state index in [-0.39, 0.29) is 12.1 Å². The lowest BCUT2D eigenvalue weighted by Crippen LogP contribution is -2.18. The maximum atomic E-state index is 9.63. The van der Waals surface area contributed by atoms with Gasteiger partial charge in [-0.15, -0.1) is 0 Å². The third-order valence-corrected chi connectivity index (χ3v) is 2.67. The first-order valence-electron chi connectivity index (χ1n) is 4.72. The van der Waals surface area contributed by atoms with Crippen molar-refractivity contribution in [2.24, 2.45) is 5.73 Å². The summed E-state index contributed by atoms with van der Waals surface area (Å²) in [6.45, 7) is 0.517. The fourth-order valence-electron chi connectivity index (χ4n) is 1.89. The average Bonchev–Trinajstić information content (AvgIpc) is 2.71. The maximum absolute atomic E-state index is 9.63. The SMILES string of the molecule is NCc1cnn(C2CCCC2O)c1. The molecule has 4 heteroatoms. The lowest BCUT2D eigenvalue weighted by atomic mass is 10.2. The Bertz CT molecular complexity index is 284. The lowest BCUT2D eigenvalue weighted by Gasteiger charge is -2.14. The zero-order valence-corrected chi connectivity index (χ0v) is 7.56. The smallest absolute Gasteiger partial charge is 0.0778 e. The van der Waals surface area contributed by atoms with E-state index in [2.05, 4.69) is 5.10 Å². The molecule has 1 aliphatic rings. The van der Waals surface area contributed by atoms with E-state index in [1.54, 1.807) is 6.20 Å². The Labute approximate surface area is 77.4 Å². The molecule has 3 N–H and O–H groups in total. The van der Waals surface area contributed by atoms with Gasteiger partial charge in [0, 0.05) is 18.3 Å². The molecule has 4 nitrogen and oxygen atoms in total. The average molecular weight is 181 g/mol. The molecule has 0 aliphatic heterocycles. The van der Waals surface area contributed by atoms with Crippen LogP contribution in [0.15, 0.2) is 12.4 Å². The summed E-state index contributed by atoms with van der Waals surface area (Å²) >= 11 is 0. The molecule has 72 valence electrons. The highest BCUT2D eigenvalue weighted by atomic mass is 16.3. The highest BCUT2D eigenvalue weighted by Gasteiger charge is 2.27. The number of aliphatic hydroxyl groups is 1. The summed E-state index contributed by atoms with van der Waals surface area (Å²) in [6, 6.07) is 0.167. The molecule has 2 unspecified atom stereocenters. The van der Waals surface area contributed by atoms with Crippen molar-refractivity contribution in [3.63, 3.8) is 0 Å². The molecule has 1 fully saturated rings. The number of nitrogens with zero attached hydrogens (tertiary/aromatic N) is 2. The van der Waals surface area contributed by atoms with Crippen LogP contribution in [0.4, 0.5) is 0 Å². The van der Waals surface area contributed by atoms with Gasteiger partial charge in [-0.05, 0) is 19.3 Å². The van der Waals surface area contributed by atoms with E-state index in [4.69, 9.17) is 5.73 Å². The second kappa shape index (κ2) is 3.47. The van der Waals surface area contributed by atoms with Gasteiger partial charge in [0.2, 0.25) is 0 Å². The molecule has 2 rings (SSSR count). The summed E-state index contributed by atoms with van der Waals surface area (Å²) < 4.78 is 1.85. The van der Waals surface area contributed by atoms with Crippen LogP contribution in [0.5, 0.6) is 0 Å². The first-order chi connectivity index (χ1) is 6.31. The normalized spacial score (nSPS) is 28.2. The van der Waals surface area contributed by atoms with Gasteiger partial charge in [0.25, 0.3) is 0 Å². The lowest BCUT2D eigenvalue weighted by molar-refractivity contribution is 0.130. The van der Waals surface area contributed by atoms with Crippen LogP contribution < -0.4 is 5.73 Å². The molecule has 0 spiro atoms. The molecule has 1 aliphatic carbocycles. The minimum Gasteiger partial charge on any atom is -0.391 e. The second-order valence-electron chi connectivity index (χ2n) is 3.60. The molecule has 1 saturated carbocycles. The zero-order chi connectivity index (χ0) is 9.26. The largest absolute Gasteiger partial charge is 0.391 e. The molecule has 0 saturated heterocycles. The summed E-state index contributed by atoms with van der Waals surface area (Å²) in [6.07, 6.45) is 6.47. The van der Waals surface area contributed by atoms with E-state index in [9.17, 15) is 5.11 Å². The predicted molar refractivity (Wildman–Crippen MR) is 49.0 cm³/mol. The minimum atomic E-state index is -0.231. The third-order valence-electron chi connectivity index (χ3n) is 2.67. The van der Waals surface area contributed by atoms with Crippen LogP contribution >= 0.6 is 0 Å². The van der Waals surface area contributed by atoms with Crippen LogP contribution in [0, 0.1) is 0 Å². The topological polar surface area (TPSA) is 64.1 Å². The van der Waals surface area contributed by atoms with Gasteiger partial charge in [0.05, 0.1) is 18.3 Å². The van der Waals surface area contributed by atoms with Gasteiger partial charge >= 0.3 is 0 Å². The van der Waals surface area contributed by atoms with Crippen molar-refractivity contribution < 1.29 is 5.11 Å². The second-order valence-corrected chi connectivity index (χ2v) is 3.60. The number of aliphatic hydroxyl groups excluding tert-OH is 1. The van der Waals surface area contributed by atoms with E-state index < -0.39 is 0 Å². The van der Waals surface area contributed by atoms with Crippen LogP contribution in [0.3, 0.4) is 0 Å². The molecular formula is C9H15N3O. The molecular weight excluding hydrogens is 166 g/mol. The Morgan fingerprint density at radius 3 is 3.00 bits per heavy atom.